The van der Waals surface area contributed by atoms with E-state index in [2.05, 4.69) is 17.3 Å². The van der Waals surface area contributed by atoms with E-state index in [1.807, 2.05) is 55.5 Å². The Kier molecular flexibility index (Phi) is 6.13. The van der Waals surface area contributed by atoms with Crippen molar-refractivity contribution < 1.29 is 19.0 Å². The van der Waals surface area contributed by atoms with Gasteiger partial charge >= 0.3 is 0 Å². The number of benzene rings is 2. The van der Waals surface area contributed by atoms with Crippen LogP contribution in [0.3, 0.4) is 0 Å². The second kappa shape index (κ2) is 8.96. The van der Waals surface area contributed by atoms with Crippen molar-refractivity contribution in [1.29, 1.82) is 0 Å². The van der Waals surface area contributed by atoms with Gasteiger partial charge in [0.2, 0.25) is 0 Å². The molecule has 2 aliphatic heterocycles. The molecule has 0 aliphatic carbocycles. The van der Waals surface area contributed by atoms with Gasteiger partial charge in [0, 0.05) is 25.1 Å². The minimum atomic E-state index is -0.221. The van der Waals surface area contributed by atoms with E-state index < -0.39 is 0 Å². The van der Waals surface area contributed by atoms with Gasteiger partial charge in [-0.15, -0.1) is 0 Å². The lowest BCUT2D eigenvalue weighted by Gasteiger charge is -2.46. The van der Waals surface area contributed by atoms with Crippen molar-refractivity contribution in [3.05, 3.63) is 54.1 Å². The van der Waals surface area contributed by atoms with Crippen molar-refractivity contribution in [2.75, 3.05) is 33.4 Å². The molecule has 1 atom stereocenters. The number of hydrogen-bond acceptors (Lipinski definition) is 5. The molecule has 6 heteroatoms. The lowest BCUT2D eigenvalue weighted by atomic mass is 9.80. The smallest absolute Gasteiger partial charge is 0.258 e. The number of fused-ring (bicyclic) bond motifs is 1. The molecule has 30 heavy (non-hydrogen) atoms. The first-order valence-electron chi connectivity index (χ1n) is 10.7. The van der Waals surface area contributed by atoms with E-state index in [4.69, 9.17) is 14.2 Å². The fraction of sp³-hybridized carbons (Fsp3) is 0.458. The summed E-state index contributed by atoms with van der Waals surface area (Å²) in [6.07, 6.45) is 2.70. The van der Waals surface area contributed by atoms with Gasteiger partial charge in [-0.2, -0.15) is 0 Å². The molecule has 0 saturated carbocycles. The molecule has 4 rings (SSSR count). The van der Waals surface area contributed by atoms with E-state index in [1.54, 1.807) is 0 Å². The van der Waals surface area contributed by atoms with Crippen molar-refractivity contribution in [3.63, 3.8) is 0 Å². The van der Waals surface area contributed by atoms with E-state index >= 15 is 0 Å². The van der Waals surface area contributed by atoms with Gasteiger partial charge in [-0.25, -0.2) is 0 Å². The normalized spacial score (nSPS) is 20.1. The Hall–Kier alpha value is -2.73. The number of piperidine rings is 1. The van der Waals surface area contributed by atoms with E-state index in [0.29, 0.717) is 18.1 Å². The zero-order valence-electron chi connectivity index (χ0n) is 17.7. The van der Waals surface area contributed by atoms with E-state index in [1.165, 1.54) is 0 Å². The summed E-state index contributed by atoms with van der Waals surface area (Å²) in [4.78, 5) is 15.1. The summed E-state index contributed by atoms with van der Waals surface area (Å²) in [5, 5.41) is 3.18. The van der Waals surface area contributed by atoms with Crippen LogP contribution in [-0.4, -0.2) is 49.8 Å². The lowest BCUT2D eigenvalue weighted by molar-refractivity contribution is -0.124. The monoisotopic (exact) mass is 410 g/mol. The van der Waals surface area contributed by atoms with Crippen molar-refractivity contribution >= 4 is 5.91 Å². The largest absolute Gasteiger partial charge is 0.490 e. The Labute approximate surface area is 178 Å². The second-order valence-corrected chi connectivity index (χ2v) is 8.12. The SMILES string of the molecule is CCOc1ccccc1OCC(=O)NC1CC2(CCN(C)CC2)Oc2ccccc21. The molecule has 1 N–H and O–H groups in total. The Morgan fingerprint density at radius 1 is 1.10 bits per heavy atom. The zero-order chi connectivity index (χ0) is 21.0. The van der Waals surface area contributed by atoms with E-state index in [0.717, 1.165) is 43.7 Å². The molecule has 2 heterocycles. The molecule has 6 nitrogen and oxygen atoms in total. The number of rotatable bonds is 6. The van der Waals surface area contributed by atoms with Crippen LogP contribution in [0.5, 0.6) is 17.2 Å². The summed E-state index contributed by atoms with van der Waals surface area (Å²) in [7, 11) is 2.14. The van der Waals surface area contributed by atoms with E-state index in [-0.39, 0.29) is 24.2 Å². The van der Waals surface area contributed by atoms with Gasteiger partial charge in [0.25, 0.3) is 5.91 Å². The highest BCUT2D eigenvalue weighted by molar-refractivity contribution is 5.78. The molecule has 1 spiro atoms. The van der Waals surface area contributed by atoms with Crippen molar-refractivity contribution in [1.82, 2.24) is 10.2 Å². The molecule has 1 amide bonds. The first-order chi connectivity index (χ1) is 14.6. The summed E-state index contributed by atoms with van der Waals surface area (Å²) in [6.45, 7) is 4.41. The van der Waals surface area contributed by atoms with Crippen LogP contribution in [0, 0.1) is 0 Å². The topological polar surface area (TPSA) is 60.0 Å². The molecule has 1 saturated heterocycles. The number of amides is 1. The fourth-order valence-electron chi connectivity index (χ4n) is 4.30. The number of ether oxygens (including phenoxy) is 3. The van der Waals surface area contributed by atoms with Gasteiger partial charge in [0.1, 0.15) is 11.4 Å². The summed E-state index contributed by atoms with van der Waals surface area (Å²) in [5.41, 5.74) is 0.812. The third kappa shape index (κ3) is 4.54. The van der Waals surface area contributed by atoms with Gasteiger partial charge in [-0.3, -0.25) is 4.79 Å². The van der Waals surface area contributed by atoms with Crippen LogP contribution in [0.4, 0.5) is 0 Å². The summed E-state index contributed by atoms with van der Waals surface area (Å²) in [6, 6.07) is 15.3. The van der Waals surface area contributed by atoms with Gasteiger partial charge < -0.3 is 24.4 Å². The number of hydrogen-bond donors (Lipinski definition) is 1. The predicted octanol–water partition coefficient (Wildman–Crippen LogP) is 3.57. The van der Waals surface area contributed by atoms with Crippen molar-refractivity contribution in [2.45, 2.75) is 37.8 Å². The molecule has 0 bridgehead atoms. The maximum atomic E-state index is 12.8. The average Bonchev–Trinajstić information content (AvgIpc) is 2.76. The molecule has 0 aromatic heterocycles. The number of nitrogens with zero attached hydrogens (tertiary/aromatic N) is 1. The third-order valence-electron chi connectivity index (χ3n) is 5.94. The number of likely N-dealkylation sites (tertiary alicyclic amines) is 1. The molecule has 160 valence electrons. The Balaban J connectivity index is 1.44. The molecule has 1 fully saturated rings. The minimum absolute atomic E-state index is 0.0562. The van der Waals surface area contributed by atoms with Crippen LogP contribution < -0.4 is 19.5 Å². The molecule has 2 aliphatic rings. The van der Waals surface area contributed by atoms with Crippen LogP contribution >= 0.6 is 0 Å². The summed E-state index contributed by atoms with van der Waals surface area (Å²) < 4.78 is 17.8. The Bertz CT molecular complexity index is 877. The highest BCUT2D eigenvalue weighted by Crippen LogP contribution is 2.44. The molecule has 0 radical (unpaired) electrons. The van der Waals surface area contributed by atoms with Crippen LogP contribution in [0.25, 0.3) is 0 Å². The van der Waals surface area contributed by atoms with Crippen molar-refractivity contribution in [3.8, 4) is 17.2 Å². The van der Waals surface area contributed by atoms with Gasteiger partial charge in [0.15, 0.2) is 18.1 Å². The van der Waals surface area contributed by atoms with Crippen LogP contribution in [0.2, 0.25) is 0 Å². The fourth-order valence-corrected chi connectivity index (χ4v) is 4.30. The van der Waals surface area contributed by atoms with Crippen molar-refractivity contribution in [2.24, 2.45) is 0 Å². The quantitative estimate of drug-likeness (QED) is 0.789. The first kappa shape index (κ1) is 20.5. The predicted molar refractivity (Wildman–Crippen MR) is 115 cm³/mol. The summed E-state index contributed by atoms with van der Waals surface area (Å²) in [5.74, 6) is 1.95. The Morgan fingerprint density at radius 3 is 2.50 bits per heavy atom. The maximum Gasteiger partial charge on any atom is 0.258 e. The van der Waals surface area contributed by atoms with Gasteiger partial charge in [0.05, 0.1) is 12.6 Å². The van der Waals surface area contributed by atoms with E-state index in [9.17, 15) is 4.79 Å². The third-order valence-corrected chi connectivity index (χ3v) is 5.94. The second-order valence-electron chi connectivity index (χ2n) is 8.12. The summed E-state index contributed by atoms with van der Waals surface area (Å²) >= 11 is 0. The standard InChI is InChI=1S/C24H30N2O4/c1-3-28-21-10-6-7-11-22(21)29-17-23(27)25-19-16-24(12-14-26(2)15-13-24)30-20-9-5-4-8-18(19)20/h4-11,19H,3,12-17H2,1-2H3,(H,25,27). The first-order valence-corrected chi connectivity index (χ1v) is 10.7. The van der Waals surface area contributed by atoms with Gasteiger partial charge in [-0.05, 0) is 45.0 Å². The number of carbonyl (C=O) groups is 1. The highest BCUT2D eigenvalue weighted by Gasteiger charge is 2.43. The maximum absolute atomic E-state index is 12.8. The molecular weight excluding hydrogens is 380 g/mol. The molecular formula is C24H30N2O4. The van der Waals surface area contributed by atoms with Gasteiger partial charge in [-0.1, -0.05) is 30.3 Å². The van der Waals surface area contributed by atoms with Crippen LogP contribution in [0.1, 0.15) is 37.8 Å². The molecule has 2 aromatic carbocycles. The molecule has 1 unspecified atom stereocenters. The minimum Gasteiger partial charge on any atom is -0.490 e. The highest BCUT2D eigenvalue weighted by atomic mass is 16.5. The average molecular weight is 411 g/mol. The number of nitrogens with one attached hydrogen (secondary N) is 1. The number of carbonyl (C=O) groups excluding carboxylic acids is 1. The zero-order valence-corrected chi connectivity index (χ0v) is 17.7. The van der Waals surface area contributed by atoms with Crippen LogP contribution in [0.15, 0.2) is 48.5 Å². The number of para-hydroxylation sites is 3. The van der Waals surface area contributed by atoms with Crippen LogP contribution in [-0.2, 0) is 4.79 Å². The lowest BCUT2D eigenvalue weighted by Crippen LogP contribution is -2.51. The Morgan fingerprint density at radius 2 is 1.77 bits per heavy atom. The molecule has 2 aromatic rings.